The number of aromatic nitrogens is 1. The molecule has 0 aliphatic heterocycles. The molecular formula is C11H12N4O4. The van der Waals surface area contributed by atoms with Crippen molar-refractivity contribution in [3.05, 3.63) is 27.9 Å². The van der Waals surface area contributed by atoms with Crippen molar-refractivity contribution in [3.8, 4) is 6.07 Å². The van der Waals surface area contributed by atoms with E-state index in [0.29, 0.717) is 5.82 Å². The molecule has 0 amide bonds. The van der Waals surface area contributed by atoms with Crippen LogP contribution in [0.3, 0.4) is 0 Å². The molecule has 1 aromatic rings. The van der Waals surface area contributed by atoms with E-state index in [0.717, 1.165) is 0 Å². The van der Waals surface area contributed by atoms with E-state index in [4.69, 9.17) is 10.4 Å². The zero-order chi connectivity index (χ0) is 14.6. The highest BCUT2D eigenvalue weighted by Gasteiger charge is 2.19. The molecule has 0 spiro atoms. The lowest BCUT2D eigenvalue weighted by Crippen LogP contribution is -2.29. The normalized spacial score (nSPS) is 11.4. The zero-order valence-electron chi connectivity index (χ0n) is 10.4. The summed E-state index contributed by atoms with van der Waals surface area (Å²) in [7, 11) is 1.61. The van der Waals surface area contributed by atoms with Gasteiger partial charge >= 0.3 is 11.7 Å². The molecule has 8 nitrogen and oxygen atoms in total. The van der Waals surface area contributed by atoms with Crippen LogP contribution in [0.5, 0.6) is 0 Å². The van der Waals surface area contributed by atoms with Gasteiger partial charge in [-0.3, -0.25) is 14.9 Å². The number of nitriles is 1. The van der Waals surface area contributed by atoms with Gasteiger partial charge in [0, 0.05) is 19.7 Å². The van der Waals surface area contributed by atoms with E-state index in [1.807, 2.05) is 0 Å². The summed E-state index contributed by atoms with van der Waals surface area (Å²) >= 11 is 0. The maximum atomic E-state index is 10.7. The van der Waals surface area contributed by atoms with Crippen molar-refractivity contribution in [2.24, 2.45) is 5.92 Å². The third kappa shape index (κ3) is 3.38. The molecule has 0 saturated heterocycles. The van der Waals surface area contributed by atoms with Gasteiger partial charge in [0.1, 0.15) is 11.9 Å². The number of nitrogens with zero attached hydrogens (tertiary/aromatic N) is 4. The van der Waals surface area contributed by atoms with E-state index < -0.39 is 16.8 Å². The van der Waals surface area contributed by atoms with Crippen molar-refractivity contribution in [2.45, 2.75) is 6.92 Å². The molecule has 1 heterocycles. The Morgan fingerprint density at radius 2 is 2.32 bits per heavy atom. The first-order chi connectivity index (χ1) is 8.86. The lowest BCUT2D eigenvalue weighted by atomic mass is 10.2. The maximum Gasteiger partial charge on any atom is 0.308 e. The van der Waals surface area contributed by atoms with E-state index in [1.54, 1.807) is 13.1 Å². The number of pyridine rings is 1. The monoisotopic (exact) mass is 264 g/mol. The van der Waals surface area contributed by atoms with Crippen molar-refractivity contribution in [2.75, 3.05) is 18.5 Å². The van der Waals surface area contributed by atoms with Crippen LogP contribution in [0.1, 0.15) is 12.6 Å². The second-order valence-electron chi connectivity index (χ2n) is 4.03. The van der Waals surface area contributed by atoms with E-state index in [1.165, 1.54) is 24.0 Å². The number of carboxylic acid groups (broad SMARTS) is 1. The topological polar surface area (TPSA) is 120 Å². The Bertz CT molecular complexity index is 552. The van der Waals surface area contributed by atoms with Gasteiger partial charge < -0.3 is 10.0 Å². The first kappa shape index (κ1) is 14.4. The molecule has 100 valence electrons. The summed E-state index contributed by atoms with van der Waals surface area (Å²) in [6.45, 7) is 1.72. The molecule has 1 N–H and O–H groups in total. The molecule has 19 heavy (non-hydrogen) atoms. The number of hydrogen-bond acceptors (Lipinski definition) is 6. The number of hydrogen-bond donors (Lipinski definition) is 1. The summed E-state index contributed by atoms with van der Waals surface area (Å²) in [5.41, 5.74) is -0.664. The molecule has 0 saturated carbocycles. The fraction of sp³-hybridized carbons (Fsp3) is 0.364. The second kappa shape index (κ2) is 5.77. The average Bonchev–Trinajstić information content (AvgIpc) is 2.37. The first-order valence-corrected chi connectivity index (χ1v) is 5.36. The average molecular weight is 264 g/mol. The Labute approximate surface area is 109 Å². The predicted molar refractivity (Wildman–Crippen MR) is 65.7 cm³/mol. The molecule has 0 aliphatic carbocycles. The van der Waals surface area contributed by atoms with Crippen LogP contribution in [0, 0.1) is 27.4 Å². The number of carboxylic acids is 1. The Kier molecular flexibility index (Phi) is 4.36. The molecule has 0 aromatic carbocycles. The molecule has 1 aromatic heterocycles. The van der Waals surface area contributed by atoms with Crippen LogP contribution >= 0.6 is 0 Å². The van der Waals surface area contributed by atoms with Crippen molar-refractivity contribution >= 4 is 17.5 Å². The highest BCUT2D eigenvalue weighted by Crippen LogP contribution is 2.20. The van der Waals surface area contributed by atoms with Crippen molar-refractivity contribution in [1.29, 1.82) is 5.26 Å². The minimum atomic E-state index is -0.950. The highest BCUT2D eigenvalue weighted by molar-refractivity contribution is 5.70. The quantitative estimate of drug-likeness (QED) is 0.622. The second-order valence-corrected chi connectivity index (χ2v) is 4.03. The fourth-order valence-corrected chi connectivity index (χ4v) is 1.47. The lowest BCUT2D eigenvalue weighted by molar-refractivity contribution is -0.385. The van der Waals surface area contributed by atoms with E-state index in [9.17, 15) is 14.9 Å². The van der Waals surface area contributed by atoms with Crippen molar-refractivity contribution in [1.82, 2.24) is 4.98 Å². The molecule has 0 bridgehead atoms. The van der Waals surface area contributed by atoms with Gasteiger partial charge in [-0.05, 0) is 6.07 Å². The van der Waals surface area contributed by atoms with Crippen molar-refractivity contribution in [3.63, 3.8) is 0 Å². The Hall–Kier alpha value is -2.69. The molecule has 1 unspecified atom stereocenters. The zero-order valence-corrected chi connectivity index (χ0v) is 10.4. The van der Waals surface area contributed by atoms with E-state index in [2.05, 4.69) is 4.98 Å². The SMILES string of the molecule is CC(CN(C)c1ccc([N+](=O)[O-])c(C#N)n1)C(=O)O. The van der Waals surface area contributed by atoms with E-state index >= 15 is 0 Å². The predicted octanol–water partition coefficient (Wildman–Crippen LogP) is 1.02. The molecule has 0 fully saturated rings. The van der Waals surface area contributed by atoms with Gasteiger partial charge in [-0.2, -0.15) is 5.26 Å². The first-order valence-electron chi connectivity index (χ1n) is 5.36. The van der Waals surface area contributed by atoms with Crippen LogP contribution in [0.25, 0.3) is 0 Å². The van der Waals surface area contributed by atoms with Crippen LogP contribution in [0.2, 0.25) is 0 Å². The Morgan fingerprint density at radius 3 is 2.79 bits per heavy atom. The maximum absolute atomic E-state index is 10.7. The Balaban J connectivity index is 3.00. The summed E-state index contributed by atoms with van der Waals surface area (Å²) in [4.78, 5) is 26.1. The van der Waals surface area contributed by atoms with Crippen LogP contribution in [0.15, 0.2) is 12.1 Å². The van der Waals surface area contributed by atoms with Gasteiger partial charge in [0.15, 0.2) is 0 Å². The molecular weight excluding hydrogens is 252 g/mol. The minimum Gasteiger partial charge on any atom is -0.481 e. The van der Waals surface area contributed by atoms with Gasteiger partial charge in [-0.25, -0.2) is 4.98 Å². The van der Waals surface area contributed by atoms with Gasteiger partial charge in [0.2, 0.25) is 5.69 Å². The van der Waals surface area contributed by atoms with Crippen molar-refractivity contribution < 1.29 is 14.8 Å². The molecule has 0 radical (unpaired) electrons. The lowest BCUT2D eigenvalue weighted by Gasteiger charge is -2.20. The highest BCUT2D eigenvalue weighted by atomic mass is 16.6. The Morgan fingerprint density at radius 1 is 1.68 bits per heavy atom. The number of carbonyl (C=O) groups is 1. The standard InChI is InChI=1S/C11H12N4O4/c1-7(11(16)17)6-14(2)10-4-3-9(15(18)19)8(5-12)13-10/h3-4,7H,6H2,1-2H3,(H,16,17). The van der Waals surface area contributed by atoms with Gasteiger partial charge in [0.05, 0.1) is 10.8 Å². The van der Waals surface area contributed by atoms with Crippen LogP contribution < -0.4 is 4.90 Å². The van der Waals surface area contributed by atoms with Gasteiger partial charge in [0.25, 0.3) is 0 Å². The molecule has 1 rings (SSSR count). The summed E-state index contributed by atoms with van der Waals surface area (Å²) < 4.78 is 0. The molecule has 8 heteroatoms. The minimum absolute atomic E-state index is 0.186. The van der Waals surface area contributed by atoms with Crippen LogP contribution in [-0.2, 0) is 4.79 Å². The summed E-state index contributed by atoms with van der Waals surface area (Å²) in [6.07, 6.45) is 0. The molecule has 0 aliphatic rings. The largest absolute Gasteiger partial charge is 0.481 e. The van der Waals surface area contributed by atoms with Gasteiger partial charge in [-0.1, -0.05) is 6.92 Å². The number of aliphatic carboxylic acids is 1. The smallest absolute Gasteiger partial charge is 0.308 e. The van der Waals surface area contributed by atoms with E-state index in [-0.39, 0.29) is 17.9 Å². The summed E-state index contributed by atoms with van der Waals surface area (Å²) in [5.74, 6) is -1.25. The van der Waals surface area contributed by atoms with Crippen LogP contribution in [0.4, 0.5) is 11.5 Å². The number of rotatable bonds is 5. The third-order valence-corrected chi connectivity index (χ3v) is 2.52. The third-order valence-electron chi connectivity index (χ3n) is 2.52. The number of nitro groups is 1. The van der Waals surface area contributed by atoms with Crippen LogP contribution in [-0.4, -0.2) is 34.6 Å². The fourth-order valence-electron chi connectivity index (χ4n) is 1.47. The summed E-state index contributed by atoms with van der Waals surface area (Å²) in [5, 5.41) is 28.3. The number of anilines is 1. The summed E-state index contributed by atoms with van der Waals surface area (Å²) in [6, 6.07) is 4.22. The van der Waals surface area contributed by atoms with Gasteiger partial charge in [-0.15, -0.1) is 0 Å². The molecule has 1 atom stereocenters.